The molecule has 0 atom stereocenters. The zero-order valence-electron chi connectivity index (χ0n) is 8.94. The molecule has 0 aliphatic carbocycles. The van der Waals surface area contributed by atoms with Crippen molar-refractivity contribution in [2.45, 2.75) is 26.7 Å². The van der Waals surface area contributed by atoms with Crippen LogP contribution in [-0.2, 0) is 9.47 Å². The van der Waals surface area contributed by atoms with Crippen LogP contribution in [0.25, 0.3) is 0 Å². The van der Waals surface area contributed by atoms with Gasteiger partial charge in [0.2, 0.25) is 0 Å². The normalized spacial score (nSPS) is 12.0. The highest BCUT2D eigenvalue weighted by Crippen LogP contribution is 2.21. The standard InChI is InChI=1S/C10H21ClO2/c1-10(2,9-11)5-8-13-7-4-6-12-3/h4-9H2,1-3H3. The Hall–Kier alpha value is 0.210. The molecule has 0 bridgehead atoms. The highest BCUT2D eigenvalue weighted by molar-refractivity contribution is 6.18. The van der Waals surface area contributed by atoms with Crippen LogP contribution in [0.4, 0.5) is 0 Å². The largest absolute Gasteiger partial charge is 0.385 e. The van der Waals surface area contributed by atoms with Crippen molar-refractivity contribution < 1.29 is 9.47 Å². The maximum absolute atomic E-state index is 5.78. The monoisotopic (exact) mass is 208 g/mol. The van der Waals surface area contributed by atoms with E-state index >= 15 is 0 Å². The van der Waals surface area contributed by atoms with E-state index in [0.717, 1.165) is 32.7 Å². The van der Waals surface area contributed by atoms with Crippen LogP contribution in [-0.4, -0.2) is 32.8 Å². The van der Waals surface area contributed by atoms with E-state index in [9.17, 15) is 0 Å². The highest BCUT2D eigenvalue weighted by Gasteiger charge is 2.15. The summed E-state index contributed by atoms with van der Waals surface area (Å²) < 4.78 is 10.3. The fraction of sp³-hybridized carbons (Fsp3) is 1.00. The molecule has 0 saturated heterocycles. The Bertz CT molecular complexity index is 115. The maximum Gasteiger partial charge on any atom is 0.0487 e. The molecule has 0 aromatic carbocycles. The quantitative estimate of drug-likeness (QED) is 0.451. The number of alkyl halides is 1. The van der Waals surface area contributed by atoms with Gasteiger partial charge in [0.25, 0.3) is 0 Å². The van der Waals surface area contributed by atoms with Gasteiger partial charge in [-0.05, 0) is 18.3 Å². The molecule has 0 unspecified atom stereocenters. The highest BCUT2D eigenvalue weighted by atomic mass is 35.5. The lowest BCUT2D eigenvalue weighted by atomic mass is 9.93. The van der Waals surface area contributed by atoms with Crippen LogP contribution in [0.1, 0.15) is 26.7 Å². The van der Waals surface area contributed by atoms with Crippen LogP contribution < -0.4 is 0 Å². The first-order valence-electron chi connectivity index (χ1n) is 4.75. The van der Waals surface area contributed by atoms with Gasteiger partial charge in [0, 0.05) is 32.8 Å². The molecule has 0 radical (unpaired) electrons. The SMILES string of the molecule is COCCCOCCC(C)(C)CCl. The Balaban J connectivity index is 3.16. The van der Waals surface area contributed by atoms with E-state index in [4.69, 9.17) is 21.1 Å². The van der Waals surface area contributed by atoms with Crippen LogP contribution >= 0.6 is 11.6 Å². The van der Waals surface area contributed by atoms with Crippen molar-refractivity contribution in [2.24, 2.45) is 5.41 Å². The molecule has 0 aliphatic rings. The van der Waals surface area contributed by atoms with Crippen molar-refractivity contribution in [3.05, 3.63) is 0 Å². The summed E-state index contributed by atoms with van der Waals surface area (Å²) >= 11 is 5.78. The first kappa shape index (κ1) is 13.2. The molecule has 0 aliphatic heterocycles. The van der Waals surface area contributed by atoms with Crippen LogP contribution in [0.3, 0.4) is 0 Å². The molecule has 0 amide bonds. The fourth-order valence-electron chi connectivity index (χ4n) is 0.823. The summed E-state index contributed by atoms with van der Waals surface area (Å²) in [5.74, 6) is 0.689. The van der Waals surface area contributed by atoms with Crippen molar-refractivity contribution in [3.63, 3.8) is 0 Å². The summed E-state index contributed by atoms with van der Waals surface area (Å²) in [5.41, 5.74) is 0.197. The van der Waals surface area contributed by atoms with Gasteiger partial charge >= 0.3 is 0 Å². The second-order valence-electron chi connectivity index (χ2n) is 4.01. The Morgan fingerprint density at radius 1 is 1.15 bits per heavy atom. The van der Waals surface area contributed by atoms with Gasteiger partial charge in [-0.2, -0.15) is 0 Å². The number of hydrogen-bond donors (Lipinski definition) is 0. The minimum Gasteiger partial charge on any atom is -0.385 e. The molecule has 0 saturated carbocycles. The number of hydrogen-bond acceptors (Lipinski definition) is 2. The smallest absolute Gasteiger partial charge is 0.0487 e. The Labute approximate surface area is 86.6 Å². The molecule has 80 valence electrons. The lowest BCUT2D eigenvalue weighted by Crippen LogP contribution is -2.16. The summed E-state index contributed by atoms with van der Waals surface area (Å²) in [5, 5.41) is 0. The predicted octanol–water partition coefficient (Wildman–Crippen LogP) is 2.69. The molecule has 0 heterocycles. The van der Waals surface area contributed by atoms with Gasteiger partial charge in [-0.25, -0.2) is 0 Å². The van der Waals surface area contributed by atoms with Crippen molar-refractivity contribution >= 4 is 11.6 Å². The molecule has 0 aromatic rings. The van der Waals surface area contributed by atoms with Gasteiger partial charge in [-0.1, -0.05) is 13.8 Å². The van der Waals surface area contributed by atoms with Crippen molar-refractivity contribution in [1.82, 2.24) is 0 Å². The van der Waals surface area contributed by atoms with E-state index < -0.39 is 0 Å². The van der Waals surface area contributed by atoms with Gasteiger partial charge < -0.3 is 9.47 Å². The lowest BCUT2D eigenvalue weighted by molar-refractivity contribution is 0.0865. The number of halogens is 1. The topological polar surface area (TPSA) is 18.5 Å². The summed E-state index contributed by atoms with van der Waals surface area (Å²) in [4.78, 5) is 0. The first-order chi connectivity index (χ1) is 6.12. The zero-order chi connectivity index (χ0) is 10.2. The molecular formula is C10H21ClO2. The number of ether oxygens (including phenoxy) is 2. The first-order valence-corrected chi connectivity index (χ1v) is 5.28. The van der Waals surface area contributed by atoms with E-state index in [2.05, 4.69) is 13.8 Å². The van der Waals surface area contributed by atoms with Crippen LogP contribution in [0.2, 0.25) is 0 Å². The third-order valence-corrected chi connectivity index (χ3v) is 2.65. The summed E-state index contributed by atoms with van der Waals surface area (Å²) in [7, 11) is 1.70. The van der Waals surface area contributed by atoms with Gasteiger partial charge in [0.1, 0.15) is 0 Å². The molecule has 0 N–H and O–H groups in total. The second-order valence-corrected chi connectivity index (χ2v) is 4.27. The fourth-order valence-corrected chi connectivity index (χ4v) is 0.956. The van der Waals surface area contributed by atoms with E-state index in [1.54, 1.807) is 7.11 Å². The molecule has 0 spiro atoms. The van der Waals surface area contributed by atoms with Crippen molar-refractivity contribution in [2.75, 3.05) is 32.8 Å². The van der Waals surface area contributed by atoms with Gasteiger partial charge in [-0.15, -0.1) is 11.6 Å². The minimum absolute atomic E-state index is 0.197. The lowest BCUT2D eigenvalue weighted by Gasteiger charge is -2.20. The van der Waals surface area contributed by atoms with Crippen molar-refractivity contribution in [1.29, 1.82) is 0 Å². The van der Waals surface area contributed by atoms with E-state index in [1.807, 2.05) is 0 Å². The third-order valence-electron chi connectivity index (χ3n) is 1.92. The summed E-state index contributed by atoms with van der Waals surface area (Å²) in [6.45, 7) is 6.66. The Morgan fingerprint density at radius 2 is 1.85 bits per heavy atom. The minimum atomic E-state index is 0.197. The molecule has 0 aromatic heterocycles. The maximum atomic E-state index is 5.78. The average molecular weight is 209 g/mol. The zero-order valence-corrected chi connectivity index (χ0v) is 9.69. The molecule has 13 heavy (non-hydrogen) atoms. The second kappa shape index (κ2) is 7.60. The van der Waals surface area contributed by atoms with Gasteiger partial charge in [0.15, 0.2) is 0 Å². The van der Waals surface area contributed by atoms with E-state index in [-0.39, 0.29) is 5.41 Å². The third kappa shape index (κ3) is 8.54. The van der Waals surface area contributed by atoms with Gasteiger partial charge in [0.05, 0.1) is 0 Å². The van der Waals surface area contributed by atoms with E-state index in [0.29, 0.717) is 5.88 Å². The average Bonchev–Trinajstić information content (AvgIpc) is 2.11. The molecule has 0 rings (SSSR count). The number of methoxy groups -OCH3 is 1. The van der Waals surface area contributed by atoms with Crippen LogP contribution in [0.15, 0.2) is 0 Å². The molecule has 3 heteroatoms. The molecule has 0 fully saturated rings. The number of rotatable bonds is 8. The molecule has 2 nitrogen and oxygen atoms in total. The van der Waals surface area contributed by atoms with Crippen LogP contribution in [0.5, 0.6) is 0 Å². The predicted molar refractivity (Wildman–Crippen MR) is 56.4 cm³/mol. The van der Waals surface area contributed by atoms with Crippen molar-refractivity contribution in [3.8, 4) is 0 Å². The van der Waals surface area contributed by atoms with E-state index in [1.165, 1.54) is 0 Å². The van der Waals surface area contributed by atoms with Crippen LogP contribution in [0, 0.1) is 5.41 Å². The summed E-state index contributed by atoms with van der Waals surface area (Å²) in [6, 6.07) is 0. The summed E-state index contributed by atoms with van der Waals surface area (Å²) in [6.07, 6.45) is 1.99. The Kier molecular flexibility index (Phi) is 7.72. The van der Waals surface area contributed by atoms with Gasteiger partial charge in [-0.3, -0.25) is 0 Å². The molecular weight excluding hydrogens is 188 g/mol. The Morgan fingerprint density at radius 3 is 2.38 bits per heavy atom.